The van der Waals surface area contributed by atoms with E-state index in [9.17, 15) is 13.2 Å². The monoisotopic (exact) mass is 535 g/mol. The number of carbonyl (C=O) groups excluding carboxylic acids is 1. The average Bonchev–Trinajstić information content (AvgIpc) is 3.46. The zero-order valence-corrected chi connectivity index (χ0v) is 22.2. The highest BCUT2D eigenvalue weighted by Gasteiger charge is 2.30. The van der Waals surface area contributed by atoms with Gasteiger partial charge in [-0.25, -0.2) is 18.2 Å². The lowest BCUT2D eigenvalue weighted by atomic mass is 9.98. The number of ether oxygens (including phenoxy) is 1. The first-order chi connectivity index (χ1) is 17.2. The van der Waals surface area contributed by atoms with E-state index in [1.807, 2.05) is 4.68 Å². The van der Waals surface area contributed by atoms with E-state index >= 15 is 0 Å². The number of fused-ring (bicyclic) bond motifs is 3. The van der Waals surface area contributed by atoms with Gasteiger partial charge in [-0.3, -0.25) is 4.68 Å². The van der Waals surface area contributed by atoms with Gasteiger partial charge in [0.2, 0.25) is 16.0 Å². The summed E-state index contributed by atoms with van der Waals surface area (Å²) in [6, 6.07) is 4.19. The van der Waals surface area contributed by atoms with Gasteiger partial charge in [0.05, 0.1) is 54.7 Å². The lowest BCUT2D eigenvalue weighted by Gasteiger charge is -2.34. The SMILES string of the molecule is COC(=O)N1CCc2ccc3c(nc(N4CCN(S(C)(=O)=O)CC4)n3[C@@H](C)Cn3cc(Cl)cn3)c2C1. The van der Waals surface area contributed by atoms with Gasteiger partial charge in [0, 0.05) is 44.5 Å². The lowest BCUT2D eigenvalue weighted by molar-refractivity contribution is 0.119. The molecule has 2 aromatic heterocycles. The van der Waals surface area contributed by atoms with Crippen molar-refractivity contribution in [3.63, 3.8) is 0 Å². The molecule has 36 heavy (non-hydrogen) atoms. The Morgan fingerprint density at radius 3 is 2.58 bits per heavy atom. The van der Waals surface area contributed by atoms with Gasteiger partial charge in [-0.1, -0.05) is 17.7 Å². The molecule has 4 heterocycles. The second kappa shape index (κ2) is 9.56. The van der Waals surface area contributed by atoms with Crippen molar-refractivity contribution in [2.45, 2.75) is 32.5 Å². The highest BCUT2D eigenvalue weighted by Crippen LogP contribution is 2.34. The van der Waals surface area contributed by atoms with Crippen molar-refractivity contribution in [2.75, 3.05) is 51.0 Å². The molecule has 2 aliphatic heterocycles. The summed E-state index contributed by atoms with van der Waals surface area (Å²) in [6.07, 6.45) is 5.03. The molecule has 3 aromatic rings. The smallest absolute Gasteiger partial charge is 0.409 e. The van der Waals surface area contributed by atoms with Crippen molar-refractivity contribution < 1.29 is 17.9 Å². The molecular formula is C23H30ClN7O4S. The number of rotatable bonds is 5. The van der Waals surface area contributed by atoms with Crippen molar-refractivity contribution in [3.05, 3.63) is 40.7 Å². The number of piperazine rings is 1. The molecule has 13 heteroatoms. The minimum absolute atomic E-state index is 0.0211. The van der Waals surface area contributed by atoms with Gasteiger partial charge < -0.3 is 19.1 Å². The predicted molar refractivity (Wildman–Crippen MR) is 137 cm³/mol. The largest absolute Gasteiger partial charge is 0.453 e. The van der Waals surface area contributed by atoms with Gasteiger partial charge >= 0.3 is 6.09 Å². The van der Waals surface area contributed by atoms with Crippen LogP contribution in [0.4, 0.5) is 10.7 Å². The van der Waals surface area contributed by atoms with E-state index in [4.69, 9.17) is 21.3 Å². The van der Waals surface area contributed by atoms with Gasteiger partial charge in [-0.15, -0.1) is 0 Å². The van der Waals surface area contributed by atoms with Gasteiger partial charge in [-0.2, -0.15) is 9.40 Å². The molecule has 0 N–H and O–H groups in total. The van der Waals surface area contributed by atoms with E-state index in [0.29, 0.717) is 50.8 Å². The second-order valence-corrected chi connectivity index (χ2v) is 11.8. The van der Waals surface area contributed by atoms with Crippen LogP contribution < -0.4 is 4.90 Å². The molecule has 2 aliphatic rings. The minimum Gasteiger partial charge on any atom is -0.453 e. The summed E-state index contributed by atoms with van der Waals surface area (Å²) in [5.74, 6) is 0.785. The third kappa shape index (κ3) is 4.64. The molecule has 0 spiro atoms. The number of imidazole rings is 1. The quantitative estimate of drug-likeness (QED) is 0.493. The van der Waals surface area contributed by atoms with Gasteiger partial charge in [0.15, 0.2) is 0 Å². The van der Waals surface area contributed by atoms with Crippen molar-refractivity contribution in [1.82, 2.24) is 28.5 Å². The molecule has 1 fully saturated rings. The summed E-state index contributed by atoms with van der Waals surface area (Å²) >= 11 is 6.09. The summed E-state index contributed by atoms with van der Waals surface area (Å²) in [4.78, 5) is 21.2. The number of nitrogens with zero attached hydrogens (tertiary/aromatic N) is 7. The first-order valence-electron chi connectivity index (χ1n) is 11.9. The summed E-state index contributed by atoms with van der Waals surface area (Å²) in [6.45, 7) is 5.59. The number of aromatic nitrogens is 4. The Bertz CT molecular complexity index is 1390. The molecule has 0 saturated carbocycles. The molecular weight excluding hydrogens is 506 g/mol. The Morgan fingerprint density at radius 1 is 1.19 bits per heavy atom. The fraction of sp³-hybridized carbons (Fsp3) is 0.522. The normalized spacial score (nSPS) is 17.9. The number of hydrogen-bond acceptors (Lipinski definition) is 7. The standard InChI is InChI=1S/C23H30ClN7O4S/c1-16(13-29-14-18(24)12-25-29)31-20-5-4-17-6-7-28(23(32)35-2)15-19(17)21(20)26-22(31)27-8-10-30(11-9-27)36(3,33)34/h4-5,12,14,16H,6-11,13,15H2,1-3H3/t16-/m0/s1. The van der Waals surface area contributed by atoms with Crippen LogP contribution in [0.2, 0.25) is 5.02 Å². The summed E-state index contributed by atoms with van der Waals surface area (Å²) in [5.41, 5.74) is 4.01. The number of benzene rings is 1. The number of hydrogen-bond donors (Lipinski definition) is 0. The van der Waals surface area contributed by atoms with Crippen LogP contribution in [-0.4, -0.2) is 89.1 Å². The molecule has 0 aliphatic carbocycles. The number of anilines is 1. The van der Waals surface area contributed by atoms with E-state index in [1.165, 1.54) is 23.2 Å². The topological polar surface area (TPSA) is 106 Å². The van der Waals surface area contributed by atoms with Gasteiger partial charge in [0.1, 0.15) is 0 Å². The van der Waals surface area contributed by atoms with E-state index in [0.717, 1.165) is 29.0 Å². The van der Waals surface area contributed by atoms with Crippen molar-refractivity contribution in [2.24, 2.45) is 0 Å². The van der Waals surface area contributed by atoms with Crippen LogP contribution in [0.15, 0.2) is 24.5 Å². The molecule has 0 bridgehead atoms. The van der Waals surface area contributed by atoms with Crippen molar-refractivity contribution >= 4 is 44.7 Å². The van der Waals surface area contributed by atoms with E-state index in [-0.39, 0.29) is 12.1 Å². The number of carbonyl (C=O) groups is 1. The van der Waals surface area contributed by atoms with Crippen LogP contribution in [0.3, 0.4) is 0 Å². The molecule has 11 nitrogen and oxygen atoms in total. The summed E-state index contributed by atoms with van der Waals surface area (Å²) in [5, 5.41) is 4.92. The third-order valence-electron chi connectivity index (χ3n) is 6.96. The molecule has 5 rings (SSSR count). The average molecular weight is 536 g/mol. The molecule has 0 radical (unpaired) electrons. The molecule has 1 amide bonds. The van der Waals surface area contributed by atoms with Gasteiger partial charge in [0.25, 0.3) is 0 Å². The van der Waals surface area contributed by atoms with E-state index < -0.39 is 10.0 Å². The highest BCUT2D eigenvalue weighted by molar-refractivity contribution is 7.88. The molecule has 1 aromatic carbocycles. The maximum absolute atomic E-state index is 12.3. The predicted octanol–water partition coefficient (Wildman–Crippen LogP) is 2.35. The Hall–Kier alpha value is -2.83. The number of amides is 1. The maximum Gasteiger partial charge on any atom is 0.409 e. The third-order valence-corrected chi connectivity index (χ3v) is 8.46. The zero-order chi connectivity index (χ0) is 25.6. The first-order valence-corrected chi connectivity index (χ1v) is 14.1. The van der Waals surface area contributed by atoms with E-state index in [1.54, 1.807) is 17.3 Å². The van der Waals surface area contributed by atoms with Crippen LogP contribution in [0.5, 0.6) is 0 Å². The Balaban J connectivity index is 1.56. The summed E-state index contributed by atoms with van der Waals surface area (Å²) < 4.78 is 34.6. The summed E-state index contributed by atoms with van der Waals surface area (Å²) in [7, 11) is -1.85. The van der Waals surface area contributed by atoms with Crippen molar-refractivity contribution in [1.29, 1.82) is 0 Å². The molecule has 0 unspecified atom stereocenters. The van der Waals surface area contributed by atoms with Crippen LogP contribution >= 0.6 is 11.6 Å². The maximum atomic E-state index is 12.3. The minimum atomic E-state index is -3.24. The zero-order valence-electron chi connectivity index (χ0n) is 20.6. The fourth-order valence-electron chi connectivity index (χ4n) is 5.14. The van der Waals surface area contributed by atoms with Gasteiger partial charge in [-0.05, 0) is 25.0 Å². The fourth-order valence-corrected chi connectivity index (χ4v) is 6.12. The van der Waals surface area contributed by atoms with E-state index in [2.05, 4.69) is 33.6 Å². The van der Waals surface area contributed by atoms with Crippen molar-refractivity contribution in [3.8, 4) is 0 Å². The Morgan fingerprint density at radius 2 is 1.94 bits per heavy atom. The van der Waals surface area contributed by atoms with Crippen LogP contribution in [-0.2, 0) is 34.3 Å². The Kier molecular flexibility index (Phi) is 6.60. The van der Waals surface area contributed by atoms with Crippen LogP contribution in [0.25, 0.3) is 11.0 Å². The molecule has 194 valence electrons. The number of methoxy groups -OCH3 is 1. The lowest BCUT2D eigenvalue weighted by Crippen LogP contribution is -2.49. The van der Waals surface area contributed by atoms with Crippen LogP contribution in [0.1, 0.15) is 24.1 Å². The van der Waals surface area contributed by atoms with Crippen LogP contribution in [0, 0.1) is 0 Å². The second-order valence-electron chi connectivity index (χ2n) is 9.37. The molecule has 1 atom stereocenters. The molecule has 1 saturated heterocycles. The first kappa shape index (κ1) is 24.8. The number of sulfonamides is 1. The highest BCUT2D eigenvalue weighted by atomic mass is 35.5. The number of halogens is 1. The Labute approximate surface area is 215 Å².